The van der Waals surface area contributed by atoms with Crippen molar-refractivity contribution in [3.8, 4) is 0 Å². The van der Waals surface area contributed by atoms with Crippen molar-refractivity contribution in [2.24, 2.45) is 0 Å². The summed E-state index contributed by atoms with van der Waals surface area (Å²) in [7, 11) is 0. The standard InChI is InChI=1S/C4H9ClO3S.Na.H/c5-3-1-2-4-8-9(6)7;;/h1-4H2,(H,6,7);;/q;+1;-1/p-1. The van der Waals surface area contributed by atoms with Gasteiger partial charge in [0.15, 0.2) is 0 Å². The Morgan fingerprint density at radius 3 is 2.60 bits per heavy atom. The minimum absolute atomic E-state index is 0. The minimum Gasteiger partial charge on any atom is -1.00 e. The molecule has 0 aromatic carbocycles. The molecule has 0 aliphatic carbocycles. The minimum atomic E-state index is -2.36. The van der Waals surface area contributed by atoms with E-state index in [4.69, 9.17) is 11.6 Å². The van der Waals surface area contributed by atoms with E-state index in [-0.39, 0.29) is 37.6 Å². The average molecular weight is 196 g/mol. The Hall–Kier alpha value is 1.36. The van der Waals surface area contributed by atoms with Crippen LogP contribution in [0.2, 0.25) is 0 Å². The molecule has 0 aromatic rings. The number of rotatable bonds is 5. The van der Waals surface area contributed by atoms with Gasteiger partial charge in [0, 0.05) is 5.88 Å². The van der Waals surface area contributed by atoms with Crippen molar-refractivity contribution < 1.29 is 43.9 Å². The van der Waals surface area contributed by atoms with Crippen LogP contribution in [0.3, 0.4) is 0 Å². The quantitative estimate of drug-likeness (QED) is 0.219. The van der Waals surface area contributed by atoms with Crippen molar-refractivity contribution >= 4 is 23.0 Å². The second-order valence-electron chi connectivity index (χ2n) is 1.42. The third-order valence-corrected chi connectivity index (χ3v) is 1.33. The zero-order valence-corrected chi connectivity index (χ0v) is 9.41. The molecular formula is C4H9ClNaO3S-. The van der Waals surface area contributed by atoms with Crippen LogP contribution in [0.15, 0.2) is 0 Å². The molecule has 10 heavy (non-hydrogen) atoms. The summed E-state index contributed by atoms with van der Waals surface area (Å²) in [5, 5.41) is 0. The number of halogens is 1. The fourth-order valence-corrected chi connectivity index (χ4v) is 0.766. The summed E-state index contributed by atoms with van der Waals surface area (Å²) < 4.78 is 23.6. The Balaban J connectivity index is -0.000000320. The maximum atomic E-state index is 9.71. The van der Waals surface area contributed by atoms with Crippen molar-refractivity contribution in [1.29, 1.82) is 0 Å². The van der Waals surface area contributed by atoms with Gasteiger partial charge in [0.05, 0.1) is 18.0 Å². The van der Waals surface area contributed by atoms with E-state index in [1.165, 1.54) is 0 Å². The topological polar surface area (TPSA) is 49.4 Å². The molecule has 0 heterocycles. The molecule has 1 unspecified atom stereocenters. The predicted molar refractivity (Wildman–Crippen MR) is 35.9 cm³/mol. The van der Waals surface area contributed by atoms with Crippen molar-refractivity contribution in [3.63, 3.8) is 0 Å². The predicted octanol–water partition coefficient (Wildman–Crippen LogP) is -2.07. The zero-order valence-electron chi connectivity index (χ0n) is 6.84. The first-order valence-electron chi connectivity index (χ1n) is 2.56. The molecule has 0 aromatic heterocycles. The van der Waals surface area contributed by atoms with E-state index in [1.807, 2.05) is 0 Å². The normalized spacial score (nSPS) is 12.2. The summed E-state index contributed by atoms with van der Waals surface area (Å²) in [6, 6.07) is 0. The van der Waals surface area contributed by atoms with Gasteiger partial charge >= 0.3 is 29.6 Å². The molecule has 0 aliphatic heterocycles. The van der Waals surface area contributed by atoms with Crippen LogP contribution in [-0.2, 0) is 15.5 Å². The summed E-state index contributed by atoms with van der Waals surface area (Å²) in [6.45, 7) is 0.239. The number of hydrogen-bond donors (Lipinski definition) is 0. The fourth-order valence-electron chi connectivity index (χ4n) is 0.324. The van der Waals surface area contributed by atoms with E-state index in [0.717, 1.165) is 6.42 Å². The molecule has 0 radical (unpaired) electrons. The van der Waals surface area contributed by atoms with Crippen LogP contribution in [0.25, 0.3) is 0 Å². The van der Waals surface area contributed by atoms with E-state index < -0.39 is 11.4 Å². The molecular weight excluding hydrogens is 187 g/mol. The summed E-state index contributed by atoms with van der Waals surface area (Å²) in [6.07, 6.45) is 1.48. The molecule has 3 nitrogen and oxygen atoms in total. The second-order valence-corrected chi connectivity index (χ2v) is 2.44. The van der Waals surface area contributed by atoms with Crippen LogP contribution in [0, 0.1) is 0 Å². The summed E-state index contributed by atoms with van der Waals surface area (Å²) in [5.41, 5.74) is 0. The van der Waals surface area contributed by atoms with Gasteiger partial charge in [-0.3, -0.25) is 0 Å². The van der Waals surface area contributed by atoms with Gasteiger partial charge in [0.2, 0.25) is 0 Å². The largest absolute Gasteiger partial charge is 1.00 e. The maximum absolute atomic E-state index is 9.71. The smallest absolute Gasteiger partial charge is 1.00 e. The van der Waals surface area contributed by atoms with Crippen LogP contribution in [0.5, 0.6) is 0 Å². The van der Waals surface area contributed by atoms with Gasteiger partial charge in [-0.25, -0.2) is 4.21 Å². The van der Waals surface area contributed by atoms with Gasteiger partial charge in [-0.05, 0) is 12.8 Å². The van der Waals surface area contributed by atoms with Gasteiger partial charge in [-0.15, -0.1) is 11.6 Å². The first-order valence-corrected chi connectivity index (χ1v) is 4.09. The Morgan fingerprint density at radius 1 is 1.60 bits per heavy atom. The van der Waals surface area contributed by atoms with Crippen molar-refractivity contribution in [3.05, 3.63) is 0 Å². The van der Waals surface area contributed by atoms with Crippen molar-refractivity contribution in [2.45, 2.75) is 12.8 Å². The first kappa shape index (κ1) is 13.9. The average Bonchev–Trinajstić information content (AvgIpc) is 1.80. The van der Waals surface area contributed by atoms with Gasteiger partial charge in [-0.2, -0.15) is 0 Å². The molecule has 6 heteroatoms. The third-order valence-electron chi connectivity index (χ3n) is 0.708. The van der Waals surface area contributed by atoms with Gasteiger partial charge in [0.25, 0.3) is 0 Å². The Bertz CT molecular complexity index is 97.4. The van der Waals surface area contributed by atoms with Gasteiger partial charge in [-0.1, -0.05) is 0 Å². The molecule has 0 rings (SSSR count). The summed E-state index contributed by atoms with van der Waals surface area (Å²) in [5.74, 6) is 0.550. The van der Waals surface area contributed by atoms with Crippen LogP contribution >= 0.6 is 11.6 Å². The molecule has 0 saturated heterocycles. The van der Waals surface area contributed by atoms with Crippen LogP contribution in [0.4, 0.5) is 0 Å². The number of hydrogen-bond acceptors (Lipinski definition) is 3. The molecule has 0 amide bonds. The van der Waals surface area contributed by atoms with Crippen molar-refractivity contribution in [2.75, 3.05) is 12.5 Å². The van der Waals surface area contributed by atoms with E-state index in [9.17, 15) is 8.76 Å². The molecule has 58 valence electrons. The monoisotopic (exact) mass is 195 g/mol. The molecule has 0 N–H and O–H groups in total. The summed E-state index contributed by atoms with van der Waals surface area (Å²) >= 11 is 2.95. The van der Waals surface area contributed by atoms with Crippen LogP contribution < -0.4 is 29.6 Å². The van der Waals surface area contributed by atoms with Crippen LogP contribution in [-0.4, -0.2) is 21.2 Å². The molecule has 0 bridgehead atoms. The Labute approximate surface area is 91.7 Å². The molecule has 0 fully saturated rings. The Kier molecular flexibility index (Phi) is 14.4. The number of alkyl halides is 1. The molecule has 0 aliphatic rings. The summed E-state index contributed by atoms with van der Waals surface area (Å²) in [4.78, 5) is 0. The zero-order chi connectivity index (χ0) is 7.11. The molecule has 1 atom stereocenters. The fraction of sp³-hybridized carbons (Fsp3) is 1.00. The third kappa shape index (κ3) is 12.1. The van der Waals surface area contributed by atoms with Gasteiger partial charge < -0.3 is 10.2 Å². The van der Waals surface area contributed by atoms with Gasteiger partial charge in [0.1, 0.15) is 0 Å². The maximum Gasteiger partial charge on any atom is 1.00 e. The van der Waals surface area contributed by atoms with Crippen molar-refractivity contribution in [1.82, 2.24) is 0 Å². The van der Waals surface area contributed by atoms with E-state index in [2.05, 4.69) is 4.18 Å². The molecule has 0 saturated carbocycles. The SMILES string of the molecule is O=S([O-])OCCCCCl.[H-].[Na+]. The van der Waals surface area contributed by atoms with E-state index in [0.29, 0.717) is 12.3 Å². The van der Waals surface area contributed by atoms with Crippen LogP contribution in [0.1, 0.15) is 14.3 Å². The Morgan fingerprint density at radius 2 is 2.20 bits per heavy atom. The molecule has 0 spiro atoms. The first-order chi connectivity index (χ1) is 4.27. The number of unbranched alkanes of at least 4 members (excludes halogenated alkanes) is 1. The second kappa shape index (κ2) is 10.4. The van der Waals surface area contributed by atoms with E-state index in [1.54, 1.807) is 0 Å². The van der Waals surface area contributed by atoms with E-state index >= 15 is 0 Å².